The van der Waals surface area contributed by atoms with E-state index >= 15 is 0 Å². The number of hydrogen-bond donors (Lipinski definition) is 1. The zero-order chi connectivity index (χ0) is 15.0. The van der Waals surface area contributed by atoms with Crippen molar-refractivity contribution in [2.24, 2.45) is 0 Å². The average molecular weight is 278 g/mol. The normalized spacial score (nSPS) is 11.8. The lowest BCUT2D eigenvalue weighted by Gasteiger charge is -2.13. The smallest absolute Gasteiger partial charge is 0.335 e. The van der Waals surface area contributed by atoms with Crippen LogP contribution in [0.1, 0.15) is 32.3 Å². The summed E-state index contributed by atoms with van der Waals surface area (Å²) >= 11 is 0. The highest BCUT2D eigenvalue weighted by Crippen LogP contribution is 2.14. The summed E-state index contributed by atoms with van der Waals surface area (Å²) in [5, 5.41) is 9.50. The predicted octanol–water partition coefficient (Wildman–Crippen LogP) is 2.85. The summed E-state index contributed by atoms with van der Waals surface area (Å²) in [6.45, 7) is 7.39. The van der Waals surface area contributed by atoms with E-state index in [1.807, 2.05) is 24.3 Å². The first-order valence-electron chi connectivity index (χ1n) is 6.79. The van der Waals surface area contributed by atoms with Gasteiger partial charge < -0.3 is 14.6 Å². The summed E-state index contributed by atoms with van der Waals surface area (Å²) in [6.07, 6.45) is 1.21. The van der Waals surface area contributed by atoms with Gasteiger partial charge in [0.2, 0.25) is 6.29 Å². The van der Waals surface area contributed by atoms with Crippen molar-refractivity contribution in [1.82, 2.24) is 0 Å². The van der Waals surface area contributed by atoms with Gasteiger partial charge in [-0.1, -0.05) is 32.1 Å². The summed E-state index contributed by atoms with van der Waals surface area (Å²) in [4.78, 5) is 11.2. The highest BCUT2D eigenvalue weighted by Gasteiger charge is 2.11. The topological polar surface area (TPSA) is 55.8 Å². The first-order chi connectivity index (χ1) is 9.52. The molecule has 0 heterocycles. The lowest BCUT2D eigenvalue weighted by Crippen LogP contribution is -2.20. The van der Waals surface area contributed by atoms with E-state index in [-0.39, 0.29) is 18.6 Å². The predicted molar refractivity (Wildman–Crippen MR) is 77.5 cm³/mol. The maximum atomic E-state index is 11.2. The van der Waals surface area contributed by atoms with Crippen molar-refractivity contribution in [3.8, 4) is 5.75 Å². The first-order valence-corrected chi connectivity index (χ1v) is 6.79. The monoisotopic (exact) mass is 278 g/mol. The molecule has 0 aliphatic carbocycles. The number of benzene rings is 1. The molecule has 1 aromatic rings. The Kier molecular flexibility index (Phi) is 6.81. The summed E-state index contributed by atoms with van der Waals surface area (Å²) in [7, 11) is 0. The number of carbonyl (C=O) groups excluding carboxylic acids is 1. The van der Waals surface area contributed by atoms with Crippen molar-refractivity contribution < 1.29 is 19.4 Å². The summed E-state index contributed by atoms with van der Waals surface area (Å²) < 4.78 is 10.2. The second kappa shape index (κ2) is 8.38. The van der Waals surface area contributed by atoms with Crippen LogP contribution in [0.4, 0.5) is 0 Å². The zero-order valence-electron chi connectivity index (χ0n) is 12.1. The minimum absolute atomic E-state index is 0.218. The maximum absolute atomic E-state index is 11.2. The lowest BCUT2D eigenvalue weighted by molar-refractivity contribution is -0.164. The van der Waals surface area contributed by atoms with Gasteiger partial charge in [0.25, 0.3) is 0 Å². The molecule has 1 aromatic carbocycles. The van der Waals surface area contributed by atoms with E-state index in [9.17, 15) is 9.90 Å². The van der Waals surface area contributed by atoms with Gasteiger partial charge in [-0.2, -0.15) is 0 Å². The van der Waals surface area contributed by atoms with Crippen LogP contribution >= 0.6 is 0 Å². The van der Waals surface area contributed by atoms with Crippen LogP contribution in [-0.4, -0.2) is 24.0 Å². The number of carbonyl (C=O) groups is 1. The third kappa shape index (κ3) is 5.89. The molecule has 0 fully saturated rings. The Labute approximate surface area is 120 Å². The van der Waals surface area contributed by atoms with Crippen LogP contribution < -0.4 is 4.74 Å². The van der Waals surface area contributed by atoms with Gasteiger partial charge in [-0.15, -0.1) is 0 Å². The van der Waals surface area contributed by atoms with Crippen LogP contribution in [0.2, 0.25) is 0 Å². The fourth-order valence-corrected chi connectivity index (χ4v) is 1.60. The fourth-order valence-electron chi connectivity index (χ4n) is 1.60. The Morgan fingerprint density at radius 2 is 2.00 bits per heavy atom. The molecule has 1 rings (SSSR count). The third-order valence-electron chi connectivity index (χ3n) is 2.69. The molecular weight excluding hydrogens is 256 g/mol. The second-order valence-corrected chi connectivity index (χ2v) is 4.67. The van der Waals surface area contributed by atoms with E-state index in [1.54, 1.807) is 0 Å². The molecule has 20 heavy (non-hydrogen) atoms. The summed E-state index contributed by atoms with van der Waals surface area (Å²) in [5.74, 6) is 0.143. The third-order valence-corrected chi connectivity index (χ3v) is 2.69. The van der Waals surface area contributed by atoms with Gasteiger partial charge in [-0.3, -0.25) is 0 Å². The van der Waals surface area contributed by atoms with Crippen molar-refractivity contribution in [2.75, 3.05) is 6.61 Å². The first kappa shape index (κ1) is 16.2. The van der Waals surface area contributed by atoms with Crippen LogP contribution in [0.15, 0.2) is 36.4 Å². The molecule has 1 atom stereocenters. The molecule has 0 amide bonds. The number of hydrogen-bond acceptors (Lipinski definition) is 4. The Hall–Kier alpha value is -1.81. The second-order valence-electron chi connectivity index (χ2n) is 4.67. The largest absolute Gasteiger partial charge is 0.493 e. The van der Waals surface area contributed by atoms with Crippen LogP contribution in [0.3, 0.4) is 0 Å². The van der Waals surface area contributed by atoms with E-state index in [0.717, 1.165) is 18.6 Å². The van der Waals surface area contributed by atoms with Crippen molar-refractivity contribution >= 4 is 5.97 Å². The van der Waals surface area contributed by atoms with E-state index in [0.29, 0.717) is 0 Å². The van der Waals surface area contributed by atoms with Gasteiger partial charge in [-0.25, -0.2) is 4.79 Å². The quantitative estimate of drug-likeness (QED) is 0.451. The SMILES string of the molecule is C=C(C)C(=O)OC(O)CCOc1ccc(CCC)cc1. The lowest BCUT2D eigenvalue weighted by atomic mass is 10.1. The molecule has 0 bridgehead atoms. The van der Waals surface area contributed by atoms with Gasteiger partial charge in [0.15, 0.2) is 0 Å². The van der Waals surface area contributed by atoms with Crippen molar-refractivity contribution in [3.63, 3.8) is 0 Å². The molecule has 0 aromatic heterocycles. The number of esters is 1. The number of aliphatic hydroxyl groups is 1. The molecule has 0 saturated carbocycles. The molecule has 0 aliphatic heterocycles. The molecule has 0 radical (unpaired) electrons. The number of rotatable bonds is 8. The highest BCUT2D eigenvalue weighted by atomic mass is 16.6. The molecule has 4 nitrogen and oxygen atoms in total. The highest BCUT2D eigenvalue weighted by molar-refractivity contribution is 5.86. The molecule has 0 aliphatic rings. The van der Waals surface area contributed by atoms with Crippen LogP contribution in [0.5, 0.6) is 5.75 Å². The number of aryl methyl sites for hydroxylation is 1. The Morgan fingerprint density at radius 1 is 1.35 bits per heavy atom. The Morgan fingerprint density at radius 3 is 2.55 bits per heavy atom. The van der Waals surface area contributed by atoms with Crippen molar-refractivity contribution in [3.05, 3.63) is 42.0 Å². The fraction of sp³-hybridized carbons (Fsp3) is 0.438. The van der Waals surface area contributed by atoms with Gasteiger partial charge in [0, 0.05) is 12.0 Å². The van der Waals surface area contributed by atoms with E-state index < -0.39 is 12.3 Å². The van der Waals surface area contributed by atoms with Gasteiger partial charge in [-0.05, 0) is 31.0 Å². The van der Waals surface area contributed by atoms with Gasteiger partial charge in [0.05, 0.1) is 6.61 Å². The Bertz CT molecular complexity index is 436. The molecule has 1 N–H and O–H groups in total. The van der Waals surface area contributed by atoms with Crippen molar-refractivity contribution in [1.29, 1.82) is 0 Å². The van der Waals surface area contributed by atoms with E-state index in [4.69, 9.17) is 9.47 Å². The maximum Gasteiger partial charge on any atom is 0.335 e. The van der Waals surface area contributed by atoms with Crippen LogP contribution in [0, 0.1) is 0 Å². The zero-order valence-corrected chi connectivity index (χ0v) is 12.1. The number of ether oxygens (including phenoxy) is 2. The van der Waals surface area contributed by atoms with Crippen LogP contribution in [-0.2, 0) is 16.0 Å². The minimum atomic E-state index is -1.17. The molecule has 110 valence electrons. The minimum Gasteiger partial charge on any atom is -0.493 e. The molecule has 4 heteroatoms. The van der Waals surface area contributed by atoms with Gasteiger partial charge >= 0.3 is 5.97 Å². The molecule has 1 unspecified atom stereocenters. The van der Waals surface area contributed by atoms with Gasteiger partial charge in [0.1, 0.15) is 5.75 Å². The summed E-state index contributed by atoms with van der Waals surface area (Å²) in [5.41, 5.74) is 1.53. The van der Waals surface area contributed by atoms with Crippen molar-refractivity contribution in [2.45, 2.75) is 39.4 Å². The van der Waals surface area contributed by atoms with E-state index in [2.05, 4.69) is 13.5 Å². The molecular formula is C16H22O4. The molecule has 0 saturated heterocycles. The van der Waals surface area contributed by atoms with E-state index in [1.165, 1.54) is 12.5 Å². The standard InChI is InChI=1S/C16H22O4/c1-4-5-13-6-8-14(9-7-13)19-11-10-15(17)20-16(18)12(2)3/h6-9,15,17H,2,4-5,10-11H2,1,3H3. The van der Waals surface area contributed by atoms with Crippen LogP contribution in [0.25, 0.3) is 0 Å². The summed E-state index contributed by atoms with van der Waals surface area (Å²) in [6, 6.07) is 7.85. The average Bonchev–Trinajstić information content (AvgIpc) is 2.41. The molecule has 0 spiro atoms. The Balaban J connectivity index is 2.29. The number of aliphatic hydroxyl groups excluding tert-OH is 1.